The Hall–Kier alpha value is -2.71. The van der Waals surface area contributed by atoms with E-state index in [0.717, 1.165) is 24.5 Å². The molecule has 0 radical (unpaired) electrons. The highest BCUT2D eigenvalue weighted by atomic mass is 16.5. The number of urea groups is 1. The van der Waals surface area contributed by atoms with Crippen LogP contribution in [-0.4, -0.2) is 41.8 Å². The van der Waals surface area contributed by atoms with Gasteiger partial charge in [-0.15, -0.1) is 0 Å². The van der Waals surface area contributed by atoms with Crippen molar-refractivity contribution in [1.82, 2.24) is 20.2 Å². The Kier molecular flexibility index (Phi) is 4.44. The van der Waals surface area contributed by atoms with Gasteiger partial charge in [0.15, 0.2) is 0 Å². The predicted octanol–water partition coefficient (Wildman–Crippen LogP) is 1.25. The van der Waals surface area contributed by atoms with Crippen LogP contribution in [0.3, 0.4) is 0 Å². The quantitative estimate of drug-likeness (QED) is 0.843. The minimum absolute atomic E-state index is 0.249. The first-order valence-electron chi connectivity index (χ1n) is 8.66. The van der Waals surface area contributed by atoms with Crippen molar-refractivity contribution in [3.05, 3.63) is 35.5 Å². The van der Waals surface area contributed by atoms with Crippen LogP contribution in [0.25, 0.3) is 11.4 Å². The van der Waals surface area contributed by atoms with E-state index in [1.807, 2.05) is 4.57 Å². The van der Waals surface area contributed by atoms with E-state index >= 15 is 0 Å². The van der Waals surface area contributed by atoms with E-state index in [-0.39, 0.29) is 12.3 Å². The summed E-state index contributed by atoms with van der Waals surface area (Å²) in [6, 6.07) is 5.90. The van der Waals surface area contributed by atoms with Gasteiger partial charge in [-0.25, -0.2) is 9.78 Å². The molecule has 0 spiro atoms. The molecule has 2 aliphatic rings. The number of fused-ring (bicyclic) bond motifs is 1. The van der Waals surface area contributed by atoms with Gasteiger partial charge in [0.25, 0.3) is 0 Å². The fraction of sp³-hybridized carbons (Fsp3) is 0.389. The van der Waals surface area contributed by atoms with Crippen molar-refractivity contribution in [1.29, 1.82) is 0 Å². The van der Waals surface area contributed by atoms with Crippen molar-refractivity contribution in [3.8, 4) is 11.4 Å². The fourth-order valence-corrected chi connectivity index (χ4v) is 3.43. The summed E-state index contributed by atoms with van der Waals surface area (Å²) < 4.78 is 7.21. The van der Waals surface area contributed by atoms with E-state index in [4.69, 9.17) is 4.74 Å². The minimum atomic E-state index is -0.412. The topological polar surface area (TPSA) is 88.5 Å². The lowest BCUT2D eigenvalue weighted by molar-refractivity contribution is -0.120. The number of rotatable bonds is 5. The third-order valence-corrected chi connectivity index (χ3v) is 4.78. The molecule has 136 valence electrons. The van der Waals surface area contributed by atoms with Gasteiger partial charge in [0.1, 0.15) is 11.6 Å². The van der Waals surface area contributed by atoms with Gasteiger partial charge in [-0.05, 0) is 17.2 Å². The molecular weight excluding hydrogens is 334 g/mol. The van der Waals surface area contributed by atoms with E-state index in [9.17, 15) is 9.59 Å². The molecule has 26 heavy (non-hydrogen) atoms. The molecule has 0 saturated carbocycles. The number of imidazole rings is 1. The van der Waals surface area contributed by atoms with Crippen LogP contribution in [0.2, 0.25) is 0 Å². The number of amides is 3. The Labute approximate surface area is 151 Å². The Balaban J connectivity index is 1.72. The second-order valence-corrected chi connectivity index (χ2v) is 6.43. The molecular formula is C18H21N5O3. The zero-order valence-electron chi connectivity index (χ0n) is 14.6. The third-order valence-electron chi connectivity index (χ3n) is 4.78. The monoisotopic (exact) mass is 355 g/mol. The standard InChI is InChI=1S/C18H21N5O3/c1-26-7-6-22-16(23-5-4-15(24)21-18(23)25)11-20-17(22)12-2-3-13-9-19-10-14(13)8-12/h2-3,8,11,19H,4-7,9-10H2,1H3,(H,21,24,25). The Morgan fingerprint density at radius 3 is 2.88 bits per heavy atom. The van der Waals surface area contributed by atoms with E-state index in [2.05, 4.69) is 33.8 Å². The van der Waals surface area contributed by atoms with Gasteiger partial charge >= 0.3 is 6.03 Å². The second-order valence-electron chi connectivity index (χ2n) is 6.43. The van der Waals surface area contributed by atoms with Crippen LogP contribution in [0.4, 0.5) is 10.6 Å². The average molecular weight is 355 g/mol. The number of methoxy groups -OCH3 is 1. The molecule has 1 fully saturated rings. The predicted molar refractivity (Wildman–Crippen MR) is 95.6 cm³/mol. The summed E-state index contributed by atoms with van der Waals surface area (Å²) in [5.74, 6) is 1.21. The maximum Gasteiger partial charge on any atom is 0.329 e. The number of carbonyl (C=O) groups is 2. The number of anilines is 1. The molecule has 1 aromatic heterocycles. The smallest absolute Gasteiger partial charge is 0.329 e. The van der Waals surface area contributed by atoms with Crippen LogP contribution in [0.1, 0.15) is 17.5 Å². The molecule has 1 saturated heterocycles. The maximum atomic E-state index is 12.2. The number of nitrogens with zero attached hydrogens (tertiary/aromatic N) is 3. The Morgan fingerprint density at radius 2 is 2.08 bits per heavy atom. The summed E-state index contributed by atoms with van der Waals surface area (Å²) in [5.41, 5.74) is 3.58. The van der Waals surface area contributed by atoms with E-state index in [0.29, 0.717) is 25.5 Å². The largest absolute Gasteiger partial charge is 0.383 e. The summed E-state index contributed by atoms with van der Waals surface area (Å²) in [6.45, 7) is 3.15. The van der Waals surface area contributed by atoms with Crippen molar-refractivity contribution in [3.63, 3.8) is 0 Å². The first kappa shape index (κ1) is 16.7. The maximum absolute atomic E-state index is 12.2. The van der Waals surface area contributed by atoms with Crippen LogP contribution in [0, 0.1) is 0 Å². The minimum Gasteiger partial charge on any atom is -0.383 e. The first-order chi connectivity index (χ1) is 12.7. The van der Waals surface area contributed by atoms with Gasteiger partial charge in [0.2, 0.25) is 5.91 Å². The van der Waals surface area contributed by atoms with Crippen molar-refractivity contribution < 1.29 is 14.3 Å². The van der Waals surface area contributed by atoms with Crippen molar-refractivity contribution in [2.24, 2.45) is 0 Å². The highest BCUT2D eigenvalue weighted by molar-refractivity contribution is 6.05. The number of aromatic nitrogens is 2. The van der Waals surface area contributed by atoms with E-state index in [1.165, 1.54) is 11.1 Å². The van der Waals surface area contributed by atoms with E-state index < -0.39 is 6.03 Å². The lowest BCUT2D eigenvalue weighted by Crippen LogP contribution is -2.50. The molecule has 0 atom stereocenters. The zero-order chi connectivity index (χ0) is 18.1. The van der Waals surface area contributed by atoms with Crippen molar-refractivity contribution >= 4 is 17.8 Å². The van der Waals surface area contributed by atoms with Crippen LogP contribution < -0.4 is 15.5 Å². The molecule has 8 nitrogen and oxygen atoms in total. The first-order valence-corrected chi connectivity index (χ1v) is 8.66. The van der Waals surface area contributed by atoms with Crippen molar-refractivity contribution in [2.75, 3.05) is 25.2 Å². The van der Waals surface area contributed by atoms with Gasteiger partial charge in [-0.1, -0.05) is 12.1 Å². The van der Waals surface area contributed by atoms with Crippen LogP contribution in [0.15, 0.2) is 24.4 Å². The molecule has 2 aliphatic heterocycles. The number of hydrogen-bond donors (Lipinski definition) is 2. The summed E-state index contributed by atoms with van der Waals surface area (Å²) in [4.78, 5) is 29.8. The molecule has 4 rings (SSSR count). The molecule has 2 aromatic rings. The SMILES string of the molecule is COCCn1c(N2CCC(=O)NC2=O)cnc1-c1ccc2c(c1)CNC2. The molecule has 1 aromatic carbocycles. The highest BCUT2D eigenvalue weighted by Crippen LogP contribution is 2.28. The van der Waals surface area contributed by atoms with E-state index in [1.54, 1.807) is 18.2 Å². The molecule has 0 unspecified atom stereocenters. The number of nitrogens with one attached hydrogen (secondary N) is 2. The lowest BCUT2D eigenvalue weighted by Gasteiger charge is -2.27. The Morgan fingerprint density at radius 1 is 1.23 bits per heavy atom. The van der Waals surface area contributed by atoms with Gasteiger partial charge in [-0.2, -0.15) is 0 Å². The van der Waals surface area contributed by atoms with Gasteiger partial charge in [-0.3, -0.25) is 15.0 Å². The van der Waals surface area contributed by atoms with Crippen molar-refractivity contribution in [2.45, 2.75) is 26.1 Å². The number of benzene rings is 1. The molecule has 3 amide bonds. The van der Waals surface area contributed by atoms with Crippen LogP contribution in [0.5, 0.6) is 0 Å². The number of hydrogen-bond acceptors (Lipinski definition) is 5. The molecule has 8 heteroatoms. The average Bonchev–Trinajstić information content (AvgIpc) is 3.26. The van der Waals surface area contributed by atoms with Gasteiger partial charge < -0.3 is 14.6 Å². The molecule has 2 N–H and O–H groups in total. The fourth-order valence-electron chi connectivity index (χ4n) is 3.43. The number of imide groups is 1. The molecule has 0 aliphatic carbocycles. The van der Waals surface area contributed by atoms with Gasteiger partial charge in [0, 0.05) is 45.3 Å². The van der Waals surface area contributed by atoms with Gasteiger partial charge in [0.05, 0.1) is 12.8 Å². The summed E-state index contributed by atoms with van der Waals surface area (Å²) in [7, 11) is 1.64. The second kappa shape index (κ2) is 6.89. The summed E-state index contributed by atoms with van der Waals surface area (Å²) in [6.07, 6.45) is 1.97. The normalized spacial score (nSPS) is 16.7. The van der Waals surface area contributed by atoms with Crippen LogP contribution in [-0.2, 0) is 29.2 Å². The highest BCUT2D eigenvalue weighted by Gasteiger charge is 2.28. The van der Waals surface area contributed by atoms with Crippen LogP contribution >= 0.6 is 0 Å². The number of carbonyl (C=O) groups excluding carboxylic acids is 2. The summed E-state index contributed by atoms with van der Waals surface area (Å²) in [5, 5.41) is 5.70. The number of ether oxygens (including phenoxy) is 1. The Bertz CT molecular complexity index is 861. The third kappa shape index (κ3) is 2.97. The molecule has 0 bridgehead atoms. The zero-order valence-corrected chi connectivity index (χ0v) is 14.6. The lowest BCUT2D eigenvalue weighted by atomic mass is 10.1. The molecule has 3 heterocycles. The summed E-state index contributed by atoms with van der Waals surface area (Å²) >= 11 is 0.